The first-order valence-corrected chi connectivity index (χ1v) is 6.76. The summed E-state index contributed by atoms with van der Waals surface area (Å²) in [6.45, 7) is 0.337. The molecule has 0 heterocycles. The van der Waals surface area contributed by atoms with E-state index in [4.69, 9.17) is 22.8 Å². The van der Waals surface area contributed by atoms with Gasteiger partial charge in [0.2, 0.25) is 0 Å². The first-order valence-electron chi connectivity index (χ1n) is 6.38. The summed E-state index contributed by atoms with van der Waals surface area (Å²) in [5.41, 5.74) is 1.57. The number of hydrogen-bond donors (Lipinski definition) is 0. The van der Waals surface area contributed by atoms with Crippen LogP contribution < -0.4 is 4.90 Å². The van der Waals surface area contributed by atoms with Gasteiger partial charge in [0.15, 0.2) is 0 Å². The molecule has 0 fully saturated rings. The van der Waals surface area contributed by atoms with E-state index in [1.165, 1.54) is 4.90 Å². The molecule has 0 aliphatic carbocycles. The van der Waals surface area contributed by atoms with Crippen LogP contribution in [0.15, 0.2) is 54.6 Å². The number of anilines is 1. The highest BCUT2D eigenvalue weighted by atomic mass is 35.5. The Morgan fingerprint density at radius 3 is 2.43 bits per heavy atom. The number of amides is 1. The molecule has 0 atom stereocenters. The first kappa shape index (κ1) is 15.0. The van der Waals surface area contributed by atoms with E-state index in [1.807, 2.05) is 30.3 Å². The van der Waals surface area contributed by atoms with Crippen molar-refractivity contribution in [2.24, 2.45) is 0 Å². The quantitative estimate of drug-likeness (QED) is 0.795. The molecule has 0 saturated carbocycles. The van der Waals surface area contributed by atoms with E-state index in [2.05, 4.69) is 5.92 Å². The molecule has 0 N–H and O–H groups in total. The van der Waals surface area contributed by atoms with E-state index < -0.39 is 6.09 Å². The topological polar surface area (TPSA) is 29.5 Å². The van der Waals surface area contributed by atoms with Crippen molar-refractivity contribution in [3.63, 3.8) is 0 Å². The van der Waals surface area contributed by atoms with Crippen molar-refractivity contribution in [3.05, 3.63) is 65.2 Å². The van der Waals surface area contributed by atoms with Crippen molar-refractivity contribution in [1.29, 1.82) is 0 Å². The largest absolute Gasteiger partial charge is 0.444 e. The molecule has 0 unspecified atom stereocenters. The molecule has 0 spiro atoms. The van der Waals surface area contributed by atoms with Crippen LogP contribution in [0.25, 0.3) is 0 Å². The number of ether oxygens (including phenoxy) is 1. The van der Waals surface area contributed by atoms with Gasteiger partial charge in [0.1, 0.15) is 6.61 Å². The Kier molecular flexibility index (Phi) is 5.25. The van der Waals surface area contributed by atoms with E-state index in [1.54, 1.807) is 24.3 Å². The monoisotopic (exact) mass is 299 g/mol. The summed E-state index contributed by atoms with van der Waals surface area (Å²) in [6.07, 6.45) is 4.83. The minimum Gasteiger partial charge on any atom is -0.444 e. The Balaban J connectivity index is 2.06. The third-order valence-corrected chi connectivity index (χ3v) is 3.07. The van der Waals surface area contributed by atoms with E-state index >= 15 is 0 Å². The fourth-order valence-electron chi connectivity index (χ4n) is 1.77. The fraction of sp³-hybridized carbons (Fsp3) is 0.118. The lowest BCUT2D eigenvalue weighted by Gasteiger charge is -2.20. The number of nitrogens with zero attached hydrogens (tertiary/aromatic N) is 1. The van der Waals surface area contributed by atoms with Gasteiger partial charge in [-0.1, -0.05) is 47.9 Å². The molecule has 1 amide bonds. The smallest absolute Gasteiger partial charge is 0.415 e. The summed E-state index contributed by atoms with van der Waals surface area (Å²) in [6, 6.07) is 16.3. The number of benzene rings is 2. The molecule has 3 nitrogen and oxygen atoms in total. The minimum absolute atomic E-state index is 0.134. The van der Waals surface area contributed by atoms with Gasteiger partial charge in [0.25, 0.3) is 0 Å². The zero-order valence-electron chi connectivity index (χ0n) is 11.3. The molecule has 4 heteroatoms. The summed E-state index contributed by atoms with van der Waals surface area (Å²) in [4.78, 5) is 13.6. The van der Waals surface area contributed by atoms with E-state index in [0.29, 0.717) is 10.7 Å². The number of hydrogen-bond acceptors (Lipinski definition) is 2. The van der Waals surface area contributed by atoms with Crippen LogP contribution in [0.3, 0.4) is 0 Å². The number of halogens is 1. The molecule has 0 aliphatic rings. The number of rotatable bonds is 4. The van der Waals surface area contributed by atoms with Crippen LogP contribution in [0.2, 0.25) is 5.02 Å². The summed E-state index contributed by atoms with van der Waals surface area (Å²) in [7, 11) is 0. The molecular weight excluding hydrogens is 286 g/mol. The van der Waals surface area contributed by atoms with Crippen LogP contribution in [0.4, 0.5) is 10.5 Å². The molecule has 106 valence electrons. The summed E-state index contributed by atoms with van der Waals surface area (Å²) in [5, 5.41) is 0.595. The van der Waals surface area contributed by atoms with Crippen molar-refractivity contribution in [2.45, 2.75) is 6.61 Å². The maximum atomic E-state index is 12.2. The second-order valence-corrected chi connectivity index (χ2v) is 4.74. The Morgan fingerprint density at radius 2 is 1.81 bits per heavy atom. The SMILES string of the molecule is C#CCN(C(=O)OCc1ccccc1)c1ccc(Cl)cc1. The highest BCUT2D eigenvalue weighted by Crippen LogP contribution is 2.19. The number of carbonyl (C=O) groups excluding carboxylic acids is 1. The van der Waals surface area contributed by atoms with Crippen molar-refractivity contribution in [2.75, 3.05) is 11.4 Å². The number of carbonyl (C=O) groups is 1. The average molecular weight is 300 g/mol. The first-order chi connectivity index (χ1) is 10.2. The zero-order valence-corrected chi connectivity index (χ0v) is 12.1. The van der Waals surface area contributed by atoms with Crippen molar-refractivity contribution >= 4 is 23.4 Å². The van der Waals surface area contributed by atoms with E-state index in [-0.39, 0.29) is 13.2 Å². The summed E-state index contributed by atoms with van der Waals surface area (Å²) in [5.74, 6) is 2.45. The molecule has 0 aromatic heterocycles. The van der Waals surface area contributed by atoms with Gasteiger partial charge in [-0.3, -0.25) is 4.90 Å². The van der Waals surface area contributed by atoms with Crippen molar-refractivity contribution < 1.29 is 9.53 Å². The maximum Gasteiger partial charge on any atom is 0.415 e. The molecule has 2 aromatic rings. The van der Waals surface area contributed by atoms with Gasteiger partial charge in [0.05, 0.1) is 6.54 Å². The Labute approximate surface area is 129 Å². The van der Waals surface area contributed by atoms with Crippen molar-refractivity contribution in [1.82, 2.24) is 0 Å². The maximum absolute atomic E-state index is 12.2. The van der Waals surface area contributed by atoms with Gasteiger partial charge in [-0.2, -0.15) is 0 Å². The van der Waals surface area contributed by atoms with Crippen LogP contribution in [0.1, 0.15) is 5.56 Å². The third-order valence-electron chi connectivity index (χ3n) is 2.81. The predicted octanol–water partition coefficient (Wildman–Crippen LogP) is 4.12. The van der Waals surface area contributed by atoms with Crippen molar-refractivity contribution in [3.8, 4) is 12.3 Å². The van der Waals surface area contributed by atoms with E-state index in [9.17, 15) is 4.79 Å². The highest BCUT2D eigenvalue weighted by Gasteiger charge is 2.16. The third kappa shape index (κ3) is 4.27. The standard InChI is InChI=1S/C17H14ClNO2/c1-2-12-19(16-10-8-15(18)9-11-16)17(20)21-13-14-6-4-3-5-7-14/h1,3-11H,12-13H2. The Bertz CT molecular complexity index is 632. The van der Waals surface area contributed by atoms with Crippen LogP contribution >= 0.6 is 11.6 Å². The fourth-order valence-corrected chi connectivity index (χ4v) is 1.90. The van der Waals surface area contributed by atoms with Gasteiger partial charge >= 0.3 is 6.09 Å². The predicted molar refractivity (Wildman–Crippen MR) is 84.3 cm³/mol. The summed E-state index contributed by atoms with van der Waals surface area (Å²) >= 11 is 5.84. The number of terminal acetylenes is 1. The van der Waals surface area contributed by atoms with Gasteiger partial charge in [0, 0.05) is 10.7 Å². The molecule has 0 bridgehead atoms. The lowest BCUT2D eigenvalue weighted by molar-refractivity contribution is 0.148. The van der Waals surface area contributed by atoms with Crippen LogP contribution in [-0.4, -0.2) is 12.6 Å². The molecular formula is C17H14ClNO2. The van der Waals surface area contributed by atoms with Crippen LogP contribution in [0, 0.1) is 12.3 Å². The second-order valence-electron chi connectivity index (χ2n) is 4.31. The lowest BCUT2D eigenvalue weighted by Crippen LogP contribution is -2.31. The van der Waals surface area contributed by atoms with Crippen LogP contribution in [0.5, 0.6) is 0 Å². The molecule has 21 heavy (non-hydrogen) atoms. The van der Waals surface area contributed by atoms with E-state index in [0.717, 1.165) is 5.56 Å². The Morgan fingerprint density at radius 1 is 1.14 bits per heavy atom. The molecule has 2 aromatic carbocycles. The van der Waals surface area contributed by atoms with Gasteiger partial charge in [-0.25, -0.2) is 4.79 Å². The van der Waals surface area contributed by atoms with Gasteiger partial charge in [-0.15, -0.1) is 6.42 Å². The normalized spacial score (nSPS) is 9.71. The van der Waals surface area contributed by atoms with Crippen LogP contribution in [-0.2, 0) is 11.3 Å². The highest BCUT2D eigenvalue weighted by molar-refractivity contribution is 6.30. The second kappa shape index (κ2) is 7.37. The lowest BCUT2D eigenvalue weighted by atomic mass is 10.2. The van der Waals surface area contributed by atoms with Gasteiger partial charge in [-0.05, 0) is 29.8 Å². The van der Waals surface area contributed by atoms with Gasteiger partial charge < -0.3 is 4.74 Å². The average Bonchev–Trinajstić information content (AvgIpc) is 2.52. The minimum atomic E-state index is -0.487. The Hall–Kier alpha value is -2.44. The zero-order chi connectivity index (χ0) is 15.1. The molecule has 0 aliphatic heterocycles. The molecule has 2 rings (SSSR count). The molecule has 0 radical (unpaired) electrons. The summed E-state index contributed by atoms with van der Waals surface area (Å²) < 4.78 is 5.29. The molecule has 0 saturated heterocycles.